The number of hydrogen-bond acceptors (Lipinski definition) is 6. The standard InChI is InChI=1S/C25H47N3O4/c1-5-10-28-20-21(17-22-19-25(9-8-23(22)28)31-15-16-32-25)18-24(29)27(6-2)13-12-26(3)11-7-14-30-4/h21-23H,5-20H2,1-4H3/t21-,22-,23-/m1/s1. The minimum absolute atomic E-state index is 0.316. The SMILES string of the molecule is CCCN1C[C@@H](CC(=O)N(CC)CCN(C)CCCOC)C[C@@H]2CC3(CC[C@H]21)OCCO3. The van der Waals surface area contributed by atoms with Gasteiger partial charge in [0.25, 0.3) is 0 Å². The highest BCUT2D eigenvalue weighted by Gasteiger charge is 2.49. The first-order chi connectivity index (χ1) is 15.5. The number of fused-ring (bicyclic) bond motifs is 1. The van der Waals surface area contributed by atoms with Gasteiger partial charge in [-0.3, -0.25) is 9.69 Å². The van der Waals surface area contributed by atoms with Crippen molar-refractivity contribution >= 4 is 5.91 Å². The minimum Gasteiger partial charge on any atom is -0.385 e. The average molecular weight is 454 g/mol. The van der Waals surface area contributed by atoms with E-state index < -0.39 is 0 Å². The summed E-state index contributed by atoms with van der Waals surface area (Å²) in [5.41, 5.74) is 0. The molecule has 7 nitrogen and oxygen atoms in total. The summed E-state index contributed by atoms with van der Waals surface area (Å²) in [6.45, 7) is 12.3. The second kappa shape index (κ2) is 12.7. The fraction of sp³-hybridized carbons (Fsp3) is 0.960. The van der Waals surface area contributed by atoms with E-state index in [2.05, 4.69) is 35.6 Å². The molecule has 3 rings (SSSR count). The lowest BCUT2D eigenvalue weighted by molar-refractivity contribution is -0.203. The molecule has 0 aromatic heterocycles. The second-order valence-corrected chi connectivity index (χ2v) is 10.1. The van der Waals surface area contributed by atoms with Gasteiger partial charge in [-0.2, -0.15) is 0 Å². The van der Waals surface area contributed by atoms with Gasteiger partial charge in [-0.05, 0) is 58.0 Å². The van der Waals surface area contributed by atoms with Crippen LogP contribution in [0.25, 0.3) is 0 Å². The number of likely N-dealkylation sites (N-methyl/N-ethyl adjacent to an activating group) is 2. The summed E-state index contributed by atoms with van der Waals surface area (Å²) in [5, 5.41) is 0. The zero-order chi connectivity index (χ0) is 23.0. The van der Waals surface area contributed by atoms with E-state index in [4.69, 9.17) is 14.2 Å². The molecule has 3 fully saturated rings. The molecule has 1 aliphatic carbocycles. The maximum atomic E-state index is 13.2. The summed E-state index contributed by atoms with van der Waals surface area (Å²) < 4.78 is 17.3. The van der Waals surface area contributed by atoms with Gasteiger partial charge in [-0.15, -0.1) is 0 Å². The van der Waals surface area contributed by atoms with E-state index in [-0.39, 0.29) is 5.79 Å². The molecule has 0 N–H and O–H groups in total. The number of methoxy groups -OCH3 is 1. The van der Waals surface area contributed by atoms with Gasteiger partial charge < -0.3 is 24.0 Å². The molecule has 2 saturated heterocycles. The molecule has 2 heterocycles. The van der Waals surface area contributed by atoms with Gasteiger partial charge in [0.2, 0.25) is 5.91 Å². The average Bonchev–Trinajstić information content (AvgIpc) is 3.21. The first kappa shape index (κ1) is 25.9. The lowest BCUT2D eigenvalue weighted by Crippen LogP contribution is -2.55. The molecule has 1 saturated carbocycles. The number of amides is 1. The third-order valence-corrected chi connectivity index (χ3v) is 7.70. The van der Waals surface area contributed by atoms with Crippen LogP contribution in [0.4, 0.5) is 0 Å². The van der Waals surface area contributed by atoms with Crippen LogP contribution in [0.5, 0.6) is 0 Å². The lowest BCUT2D eigenvalue weighted by atomic mass is 9.72. The highest BCUT2D eigenvalue weighted by molar-refractivity contribution is 5.76. The Morgan fingerprint density at radius 1 is 1.19 bits per heavy atom. The van der Waals surface area contributed by atoms with Gasteiger partial charge in [0.15, 0.2) is 5.79 Å². The number of likely N-dealkylation sites (tertiary alicyclic amines) is 1. The van der Waals surface area contributed by atoms with Gasteiger partial charge in [0.1, 0.15) is 0 Å². The summed E-state index contributed by atoms with van der Waals surface area (Å²) in [4.78, 5) is 20.2. The summed E-state index contributed by atoms with van der Waals surface area (Å²) in [6.07, 6.45) is 7.14. The predicted molar refractivity (Wildman–Crippen MR) is 127 cm³/mol. The fourth-order valence-corrected chi connectivity index (χ4v) is 6.10. The van der Waals surface area contributed by atoms with E-state index in [9.17, 15) is 4.79 Å². The number of piperidine rings is 1. The number of carbonyl (C=O) groups is 1. The first-order valence-corrected chi connectivity index (χ1v) is 13.0. The van der Waals surface area contributed by atoms with Crippen molar-refractivity contribution in [2.45, 2.75) is 70.6 Å². The third kappa shape index (κ3) is 6.89. The molecule has 0 radical (unpaired) electrons. The van der Waals surface area contributed by atoms with E-state index in [0.29, 0.717) is 30.2 Å². The Kier molecular flexibility index (Phi) is 10.2. The molecule has 0 aromatic rings. The van der Waals surface area contributed by atoms with Crippen molar-refractivity contribution in [3.63, 3.8) is 0 Å². The maximum Gasteiger partial charge on any atom is 0.222 e. The summed E-state index contributed by atoms with van der Waals surface area (Å²) in [6, 6.07) is 0.628. The molecule has 2 aliphatic heterocycles. The van der Waals surface area contributed by atoms with Crippen LogP contribution in [-0.2, 0) is 19.0 Å². The molecule has 186 valence electrons. The summed E-state index contributed by atoms with van der Waals surface area (Å²) in [7, 11) is 3.87. The molecule has 32 heavy (non-hydrogen) atoms. The maximum absolute atomic E-state index is 13.2. The highest BCUT2D eigenvalue weighted by Crippen LogP contribution is 2.45. The van der Waals surface area contributed by atoms with Gasteiger partial charge in [-0.25, -0.2) is 0 Å². The largest absolute Gasteiger partial charge is 0.385 e. The van der Waals surface area contributed by atoms with Crippen LogP contribution >= 0.6 is 0 Å². The van der Waals surface area contributed by atoms with Crippen LogP contribution in [-0.4, -0.2) is 106 Å². The van der Waals surface area contributed by atoms with Crippen molar-refractivity contribution < 1.29 is 19.0 Å². The van der Waals surface area contributed by atoms with E-state index in [1.54, 1.807) is 7.11 Å². The molecular formula is C25H47N3O4. The van der Waals surface area contributed by atoms with Crippen LogP contribution in [0.15, 0.2) is 0 Å². The van der Waals surface area contributed by atoms with Crippen LogP contribution < -0.4 is 0 Å². The molecule has 0 unspecified atom stereocenters. The van der Waals surface area contributed by atoms with E-state index in [1.807, 2.05) is 0 Å². The number of ether oxygens (including phenoxy) is 3. The minimum atomic E-state index is -0.339. The first-order valence-electron chi connectivity index (χ1n) is 13.0. The van der Waals surface area contributed by atoms with Crippen molar-refractivity contribution in [2.24, 2.45) is 11.8 Å². The summed E-state index contributed by atoms with van der Waals surface area (Å²) >= 11 is 0. The molecule has 3 atom stereocenters. The Morgan fingerprint density at radius 3 is 2.66 bits per heavy atom. The fourth-order valence-electron chi connectivity index (χ4n) is 6.10. The molecule has 0 aromatic carbocycles. The third-order valence-electron chi connectivity index (χ3n) is 7.70. The molecule has 1 spiro atoms. The lowest BCUT2D eigenvalue weighted by Gasteiger charge is -2.51. The van der Waals surface area contributed by atoms with E-state index in [0.717, 1.165) is 91.2 Å². The second-order valence-electron chi connectivity index (χ2n) is 10.1. The Hall–Kier alpha value is -0.730. The van der Waals surface area contributed by atoms with Gasteiger partial charge in [0.05, 0.1) is 13.2 Å². The van der Waals surface area contributed by atoms with Gasteiger partial charge >= 0.3 is 0 Å². The molecule has 1 amide bonds. The van der Waals surface area contributed by atoms with Crippen molar-refractivity contribution in [1.29, 1.82) is 0 Å². The normalized spacial score (nSPS) is 27.7. The molecule has 7 heteroatoms. The Morgan fingerprint density at radius 2 is 1.97 bits per heavy atom. The molecule has 0 bridgehead atoms. The highest BCUT2D eigenvalue weighted by atomic mass is 16.7. The van der Waals surface area contributed by atoms with E-state index >= 15 is 0 Å². The Labute approximate surface area is 195 Å². The Balaban J connectivity index is 1.53. The number of carbonyl (C=O) groups excluding carboxylic acids is 1. The number of nitrogens with zero attached hydrogens (tertiary/aromatic N) is 3. The summed E-state index contributed by atoms with van der Waals surface area (Å²) in [5.74, 6) is 0.979. The molecule has 3 aliphatic rings. The van der Waals surface area contributed by atoms with E-state index in [1.165, 1.54) is 6.42 Å². The van der Waals surface area contributed by atoms with Crippen LogP contribution in [0.3, 0.4) is 0 Å². The van der Waals surface area contributed by atoms with Crippen molar-refractivity contribution in [3.05, 3.63) is 0 Å². The van der Waals surface area contributed by atoms with Crippen LogP contribution in [0.2, 0.25) is 0 Å². The zero-order valence-corrected chi connectivity index (χ0v) is 21.0. The smallest absolute Gasteiger partial charge is 0.222 e. The van der Waals surface area contributed by atoms with Crippen LogP contribution in [0.1, 0.15) is 58.8 Å². The zero-order valence-electron chi connectivity index (χ0n) is 21.0. The topological polar surface area (TPSA) is 54.5 Å². The monoisotopic (exact) mass is 453 g/mol. The quantitative estimate of drug-likeness (QED) is 0.424. The van der Waals surface area contributed by atoms with Crippen LogP contribution in [0, 0.1) is 11.8 Å². The predicted octanol–water partition coefficient (Wildman–Crippen LogP) is 2.84. The number of rotatable bonds is 12. The van der Waals surface area contributed by atoms with Crippen molar-refractivity contribution in [3.8, 4) is 0 Å². The Bertz CT molecular complexity index is 569. The van der Waals surface area contributed by atoms with Crippen molar-refractivity contribution in [2.75, 3.05) is 73.2 Å². The number of hydrogen-bond donors (Lipinski definition) is 0. The molecular weight excluding hydrogens is 406 g/mol. The van der Waals surface area contributed by atoms with Gasteiger partial charge in [0, 0.05) is 71.7 Å². The van der Waals surface area contributed by atoms with Gasteiger partial charge in [-0.1, -0.05) is 6.92 Å². The van der Waals surface area contributed by atoms with Crippen molar-refractivity contribution in [1.82, 2.24) is 14.7 Å².